The lowest BCUT2D eigenvalue weighted by molar-refractivity contribution is -0.141. The summed E-state index contributed by atoms with van der Waals surface area (Å²) in [4.78, 5) is 43.0. The van der Waals surface area contributed by atoms with Gasteiger partial charge in [0.15, 0.2) is 11.6 Å². The van der Waals surface area contributed by atoms with Crippen molar-refractivity contribution in [2.75, 3.05) is 76.3 Å². The quantitative estimate of drug-likeness (QED) is 0.0935. The highest BCUT2D eigenvalue weighted by Gasteiger charge is 2.44. The van der Waals surface area contributed by atoms with Gasteiger partial charge in [0.2, 0.25) is 11.8 Å². The zero-order valence-electron chi connectivity index (χ0n) is 41.4. The summed E-state index contributed by atoms with van der Waals surface area (Å²) in [6.45, 7) is 21.7. The van der Waals surface area contributed by atoms with Gasteiger partial charge in [-0.2, -0.15) is 0 Å². The summed E-state index contributed by atoms with van der Waals surface area (Å²) in [6, 6.07) is 18.8. The number of aromatic hydroxyl groups is 1. The van der Waals surface area contributed by atoms with Crippen LogP contribution in [0.1, 0.15) is 89.8 Å². The Labute approximate surface area is 410 Å². The molecule has 4 aliphatic rings. The molecule has 16 nitrogen and oxygen atoms in total. The summed E-state index contributed by atoms with van der Waals surface area (Å²) in [7, 11) is 1.62. The number of anilines is 2. The molecule has 69 heavy (non-hydrogen) atoms. The molecule has 2 amide bonds. The average molecular weight is 963 g/mol. The minimum absolute atomic E-state index is 0.123. The van der Waals surface area contributed by atoms with Crippen LogP contribution in [0, 0.1) is 18.8 Å². The third-order valence-corrected chi connectivity index (χ3v) is 15.3. The van der Waals surface area contributed by atoms with Gasteiger partial charge in [-0.15, -0.1) is 21.5 Å². The minimum Gasteiger partial charge on any atom is -0.507 e. The molecule has 4 aliphatic heterocycles. The number of likely N-dealkylation sites (tertiary alicyclic amines) is 2. The smallest absolute Gasteiger partial charge is 0.254 e. The number of fused-ring (bicyclic) bond motifs is 3. The number of rotatable bonds is 15. The highest BCUT2D eigenvalue weighted by molar-refractivity contribution is 7.13. The number of nitrogens with one attached hydrogen (secondary N) is 2. The maximum Gasteiger partial charge on any atom is 0.254 e. The average Bonchev–Trinajstić information content (AvgIpc) is 4.13. The number of aryl methyl sites for hydroxylation is 1. The zero-order valence-corrected chi connectivity index (χ0v) is 42.2. The van der Waals surface area contributed by atoms with Crippen LogP contribution in [0.25, 0.3) is 21.7 Å². The Morgan fingerprint density at radius 3 is 2.46 bits per heavy atom. The van der Waals surface area contributed by atoms with Gasteiger partial charge in [-0.25, -0.2) is 4.98 Å². The second kappa shape index (κ2) is 22.4. The molecule has 3 aromatic heterocycles. The molecule has 7 heterocycles. The molecule has 3 N–H and O–H groups in total. The maximum atomic E-state index is 14.4. The molecule has 9 rings (SSSR count). The van der Waals surface area contributed by atoms with Crippen molar-refractivity contribution in [1.29, 1.82) is 0 Å². The van der Waals surface area contributed by atoms with Crippen molar-refractivity contribution < 1.29 is 28.7 Å². The summed E-state index contributed by atoms with van der Waals surface area (Å²) >= 11 is 1.61. The lowest BCUT2D eigenvalue weighted by Gasteiger charge is -2.49. The molecule has 370 valence electrons. The van der Waals surface area contributed by atoms with E-state index < -0.39 is 12.0 Å². The number of aromatic nitrogens is 4. The van der Waals surface area contributed by atoms with Crippen LogP contribution < -0.4 is 20.3 Å². The van der Waals surface area contributed by atoms with Crippen molar-refractivity contribution in [2.45, 2.75) is 104 Å². The molecule has 0 saturated carbocycles. The molecule has 2 aromatic carbocycles. The Morgan fingerprint density at radius 1 is 0.986 bits per heavy atom. The van der Waals surface area contributed by atoms with Crippen LogP contribution in [0.3, 0.4) is 0 Å². The molecular weight excluding hydrogens is 893 g/mol. The Hall–Kier alpha value is -5.62. The second-order valence-corrected chi connectivity index (χ2v) is 19.9. The van der Waals surface area contributed by atoms with Crippen LogP contribution in [-0.4, -0.2) is 142 Å². The first-order valence-electron chi connectivity index (χ1n) is 24.8. The van der Waals surface area contributed by atoms with E-state index in [1.165, 1.54) is 0 Å². The van der Waals surface area contributed by atoms with E-state index in [1.54, 1.807) is 35.5 Å². The number of phenols is 1. The number of carbonyl (C=O) groups is 2. The summed E-state index contributed by atoms with van der Waals surface area (Å²) < 4.78 is 17.6. The van der Waals surface area contributed by atoms with Crippen molar-refractivity contribution in [1.82, 2.24) is 40.4 Å². The van der Waals surface area contributed by atoms with E-state index in [4.69, 9.17) is 14.0 Å². The number of methoxy groups -OCH3 is 1. The number of benzene rings is 2. The first kappa shape index (κ1) is 49.8. The van der Waals surface area contributed by atoms with Gasteiger partial charge < -0.3 is 39.5 Å². The number of hydrogen-bond acceptors (Lipinski definition) is 15. The molecule has 3 saturated heterocycles. The maximum absolute atomic E-state index is 14.4. The summed E-state index contributed by atoms with van der Waals surface area (Å²) in [5.74, 6) is 1.24. The molecule has 6 unspecified atom stereocenters. The molecule has 0 radical (unpaired) electrons. The normalized spacial score (nSPS) is 21.7. The molecule has 0 bridgehead atoms. The van der Waals surface area contributed by atoms with E-state index >= 15 is 0 Å². The van der Waals surface area contributed by atoms with Crippen LogP contribution in [-0.2, 0) is 14.3 Å². The summed E-state index contributed by atoms with van der Waals surface area (Å²) in [6.07, 6.45) is 2.40. The highest BCUT2D eigenvalue weighted by atomic mass is 32.1. The Kier molecular flexibility index (Phi) is 16.2. The first-order valence-corrected chi connectivity index (χ1v) is 25.7. The van der Waals surface area contributed by atoms with Gasteiger partial charge >= 0.3 is 0 Å². The lowest BCUT2D eigenvalue weighted by atomic mass is 9.91. The third kappa shape index (κ3) is 11.2. The zero-order chi connectivity index (χ0) is 48.8. The van der Waals surface area contributed by atoms with Crippen molar-refractivity contribution in [3.63, 3.8) is 0 Å². The molecule has 6 atom stereocenters. The van der Waals surface area contributed by atoms with Gasteiger partial charge in [0.05, 0.1) is 45.7 Å². The van der Waals surface area contributed by atoms with E-state index in [0.29, 0.717) is 54.4 Å². The van der Waals surface area contributed by atoms with Gasteiger partial charge in [0, 0.05) is 70.5 Å². The van der Waals surface area contributed by atoms with Crippen molar-refractivity contribution in [3.05, 3.63) is 83.2 Å². The van der Waals surface area contributed by atoms with Crippen LogP contribution in [0.5, 0.6) is 11.6 Å². The van der Waals surface area contributed by atoms with Crippen molar-refractivity contribution in [3.8, 4) is 33.3 Å². The number of piperidine rings is 1. The molecule has 0 spiro atoms. The number of para-hydroxylation sites is 1. The molecular formula is C52H70N10O6S. The van der Waals surface area contributed by atoms with Crippen molar-refractivity contribution >= 4 is 34.7 Å². The van der Waals surface area contributed by atoms with E-state index in [9.17, 15) is 14.7 Å². The number of piperazine rings is 1. The summed E-state index contributed by atoms with van der Waals surface area (Å²) in [5.41, 5.74) is 7.32. The predicted molar refractivity (Wildman–Crippen MR) is 270 cm³/mol. The highest BCUT2D eigenvalue weighted by Crippen LogP contribution is 2.39. The number of thiazole rings is 1. The van der Waals surface area contributed by atoms with E-state index in [2.05, 4.69) is 70.8 Å². The van der Waals surface area contributed by atoms with Crippen LogP contribution in [0.15, 0.2) is 70.7 Å². The van der Waals surface area contributed by atoms with Crippen molar-refractivity contribution in [2.24, 2.45) is 11.8 Å². The van der Waals surface area contributed by atoms with E-state index in [0.717, 1.165) is 91.9 Å². The van der Waals surface area contributed by atoms with Gasteiger partial charge in [-0.1, -0.05) is 64.1 Å². The predicted octanol–water partition coefficient (Wildman–Crippen LogP) is 7.62. The monoisotopic (exact) mass is 963 g/mol. The minimum atomic E-state index is -0.688. The topological polar surface area (TPSA) is 175 Å². The number of phenolic OH excluding ortho intramolecular Hbond substituents is 1. The molecule has 3 fully saturated rings. The number of carbonyl (C=O) groups excluding carboxylic acids is 2. The first-order chi connectivity index (χ1) is 33.4. The van der Waals surface area contributed by atoms with Gasteiger partial charge in [-0.3, -0.25) is 19.4 Å². The second-order valence-electron chi connectivity index (χ2n) is 19.1. The van der Waals surface area contributed by atoms with Crippen LogP contribution in [0.4, 0.5) is 11.5 Å². The largest absolute Gasteiger partial charge is 0.507 e. The standard InChI is InChI=1S/C50H64N10O6S.C2H6/c1-30(2)46(50(63)60-27-37(64-6)23-41(60)49(62)53-31(3)35-11-13-36(14-12-35)47-33(5)51-29-67-47)44-25-45(56-66-44)65-22-21-57-17-15-34(16-18-57)26-58-19-20-59-40-24-39(38-9-7-8-10-43(38)61)54-55-48(40)52-32(4)42(59)28-58;1-2/h7-14,24-25,29-32,34,37,41-42,46,61H,15-23,26-28H2,1-6H3,(H,52,55)(H,53,62);1-2H3. The van der Waals surface area contributed by atoms with E-state index in [-0.39, 0.29) is 41.7 Å². The number of ether oxygens (including phenoxy) is 2. The van der Waals surface area contributed by atoms with Gasteiger partial charge in [0.1, 0.15) is 24.3 Å². The molecule has 0 aliphatic carbocycles. The number of hydrogen-bond donors (Lipinski definition) is 3. The van der Waals surface area contributed by atoms with Crippen LogP contribution >= 0.6 is 11.3 Å². The SMILES string of the molecule is CC.COC1CC(C(=O)NC(C)c2ccc(-c3scnc3C)cc2)N(C(=O)C(c2cc(OCCN3CCC(CN4CCN5c6cc(-c7ccccc7O)nnc6NC(C)C5C4)CC3)no2)C(C)C)C1. The molecule has 17 heteroatoms. The Bertz CT molecular complexity index is 2490. The fraction of sp³-hybridized carbons (Fsp3) is 0.538. The Balaban J connectivity index is 0.00000317. The fourth-order valence-electron chi connectivity index (χ4n) is 10.4. The van der Waals surface area contributed by atoms with Crippen LogP contribution in [0.2, 0.25) is 0 Å². The lowest BCUT2D eigenvalue weighted by Crippen LogP contribution is -2.61. The summed E-state index contributed by atoms with van der Waals surface area (Å²) in [5, 5.41) is 30.4. The number of nitrogens with zero attached hydrogens (tertiary/aromatic N) is 8. The Morgan fingerprint density at radius 2 is 1.75 bits per heavy atom. The third-order valence-electron chi connectivity index (χ3n) is 14.3. The molecule has 5 aromatic rings. The van der Waals surface area contributed by atoms with E-state index in [1.807, 2.05) is 77.4 Å². The number of amides is 2. The van der Waals surface area contributed by atoms with Gasteiger partial charge in [0.25, 0.3) is 5.88 Å². The fourth-order valence-corrected chi connectivity index (χ4v) is 11.2. The van der Waals surface area contributed by atoms with Gasteiger partial charge in [-0.05, 0) is 93.0 Å².